The van der Waals surface area contributed by atoms with Gasteiger partial charge in [-0.2, -0.15) is 0 Å². The molecule has 0 amide bonds. The van der Waals surface area contributed by atoms with Crippen LogP contribution in [0.15, 0.2) is 17.3 Å². The second-order valence-electron chi connectivity index (χ2n) is 2.02. The second-order valence-corrected chi connectivity index (χ2v) is 2.02. The molecule has 1 heterocycles. The Bertz CT molecular complexity index is 138. The third-order valence-electron chi connectivity index (χ3n) is 1.19. The first-order chi connectivity index (χ1) is 4.39. The zero-order valence-corrected chi connectivity index (χ0v) is 5.63. The molecule has 1 rings (SSSR count). The zero-order chi connectivity index (χ0) is 6.53. The summed E-state index contributed by atoms with van der Waals surface area (Å²) in [5.41, 5.74) is 0. The van der Waals surface area contributed by atoms with Crippen LogP contribution in [0.5, 0.6) is 0 Å². The summed E-state index contributed by atoms with van der Waals surface area (Å²) in [6, 6.07) is 0. The van der Waals surface area contributed by atoms with Crippen molar-refractivity contribution in [3.05, 3.63) is 12.3 Å². The summed E-state index contributed by atoms with van der Waals surface area (Å²) < 4.78 is 5.18. The van der Waals surface area contributed by atoms with E-state index in [0.29, 0.717) is 0 Å². The maximum Gasteiger partial charge on any atom is 0.184 e. The average molecular weight is 125 g/mol. The van der Waals surface area contributed by atoms with Crippen molar-refractivity contribution in [1.29, 1.82) is 0 Å². The van der Waals surface area contributed by atoms with Gasteiger partial charge in [-0.15, -0.1) is 0 Å². The van der Waals surface area contributed by atoms with Crippen molar-refractivity contribution in [1.82, 2.24) is 0 Å². The number of nitrogens with zero attached hydrogens (tertiary/aromatic N) is 1. The van der Waals surface area contributed by atoms with Gasteiger partial charge in [-0.3, -0.25) is 0 Å². The predicted molar refractivity (Wildman–Crippen MR) is 37.4 cm³/mol. The first kappa shape index (κ1) is 6.33. The molecule has 0 aromatic carbocycles. The molecule has 0 saturated heterocycles. The number of rotatable bonds is 0. The predicted octanol–water partition coefficient (Wildman–Crippen LogP) is 1.73. The Labute approximate surface area is 55.2 Å². The molecule has 0 fully saturated rings. The lowest BCUT2D eigenvalue weighted by molar-refractivity contribution is 0.295. The molecular weight excluding hydrogens is 114 g/mol. The van der Waals surface area contributed by atoms with Crippen molar-refractivity contribution in [3.8, 4) is 0 Å². The van der Waals surface area contributed by atoms with Crippen LogP contribution in [0.4, 0.5) is 0 Å². The van der Waals surface area contributed by atoms with Gasteiger partial charge in [0.25, 0.3) is 0 Å². The Kier molecular flexibility index (Phi) is 2.31. The van der Waals surface area contributed by atoms with Gasteiger partial charge in [0.1, 0.15) is 0 Å². The number of allylic oxidation sites excluding steroid dienone is 1. The van der Waals surface area contributed by atoms with Crippen molar-refractivity contribution >= 4 is 5.90 Å². The van der Waals surface area contributed by atoms with Gasteiger partial charge in [0.15, 0.2) is 5.90 Å². The third kappa shape index (κ3) is 2.31. The van der Waals surface area contributed by atoms with Crippen LogP contribution in [0.2, 0.25) is 0 Å². The molecule has 0 unspecified atom stereocenters. The molecular formula is C7H11NO. The highest BCUT2D eigenvalue weighted by Gasteiger charge is 1.91. The van der Waals surface area contributed by atoms with Crippen molar-refractivity contribution in [2.24, 2.45) is 4.99 Å². The maximum atomic E-state index is 5.18. The zero-order valence-electron chi connectivity index (χ0n) is 5.63. The number of ether oxygens (including phenoxy) is 1. The fraction of sp³-hybridized carbons (Fsp3) is 0.571. The van der Waals surface area contributed by atoms with Gasteiger partial charge in [-0.05, 0) is 12.8 Å². The monoisotopic (exact) mass is 125 g/mol. The van der Waals surface area contributed by atoms with E-state index in [1.54, 1.807) is 6.20 Å². The van der Waals surface area contributed by atoms with Crippen molar-refractivity contribution in [3.63, 3.8) is 0 Å². The molecule has 0 aromatic heterocycles. The third-order valence-corrected chi connectivity index (χ3v) is 1.19. The highest BCUT2D eigenvalue weighted by atomic mass is 16.5. The van der Waals surface area contributed by atoms with Crippen molar-refractivity contribution in [2.75, 3.05) is 6.61 Å². The van der Waals surface area contributed by atoms with Gasteiger partial charge in [0.2, 0.25) is 0 Å². The van der Waals surface area contributed by atoms with Crippen LogP contribution in [-0.2, 0) is 4.74 Å². The first-order valence-electron chi connectivity index (χ1n) is 3.22. The molecule has 0 aliphatic carbocycles. The summed E-state index contributed by atoms with van der Waals surface area (Å²) in [5, 5.41) is 0. The maximum absolute atomic E-state index is 5.18. The van der Waals surface area contributed by atoms with Crippen LogP contribution in [0, 0.1) is 0 Å². The van der Waals surface area contributed by atoms with E-state index in [2.05, 4.69) is 11.1 Å². The Hall–Kier alpha value is -0.790. The van der Waals surface area contributed by atoms with E-state index in [1.807, 2.05) is 6.92 Å². The minimum atomic E-state index is 0.769. The molecule has 0 aromatic rings. The molecule has 0 spiro atoms. The molecule has 0 atom stereocenters. The van der Waals surface area contributed by atoms with Gasteiger partial charge < -0.3 is 4.74 Å². The molecule has 2 heteroatoms. The quantitative estimate of drug-likeness (QED) is 0.483. The second kappa shape index (κ2) is 3.28. The Morgan fingerprint density at radius 3 is 3.44 bits per heavy atom. The lowest BCUT2D eigenvalue weighted by Crippen LogP contribution is -2.01. The Morgan fingerprint density at radius 2 is 2.56 bits per heavy atom. The normalized spacial score (nSPS) is 23.0. The van der Waals surface area contributed by atoms with E-state index in [9.17, 15) is 0 Å². The van der Waals surface area contributed by atoms with E-state index in [0.717, 1.165) is 25.3 Å². The summed E-state index contributed by atoms with van der Waals surface area (Å²) in [5.74, 6) is 0.769. The molecule has 50 valence electrons. The van der Waals surface area contributed by atoms with E-state index < -0.39 is 0 Å². The van der Waals surface area contributed by atoms with Gasteiger partial charge in [0, 0.05) is 13.1 Å². The van der Waals surface area contributed by atoms with E-state index in [1.165, 1.54) is 0 Å². The molecule has 0 N–H and O–H groups in total. The number of hydrogen-bond acceptors (Lipinski definition) is 2. The smallest absolute Gasteiger partial charge is 0.184 e. The fourth-order valence-electron chi connectivity index (χ4n) is 0.691. The van der Waals surface area contributed by atoms with E-state index in [-0.39, 0.29) is 0 Å². The summed E-state index contributed by atoms with van der Waals surface area (Å²) in [6.07, 6.45) is 6.04. The first-order valence-corrected chi connectivity index (χ1v) is 3.22. The molecule has 0 saturated carbocycles. The summed E-state index contributed by atoms with van der Waals surface area (Å²) >= 11 is 0. The number of hydrogen-bond donors (Lipinski definition) is 0. The van der Waals surface area contributed by atoms with Gasteiger partial charge in [0.05, 0.1) is 6.61 Å². The minimum Gasteiger partial charge on any atom is -0.481 e. The summed E-state index contributed by atoms with van der Waals surface area (Å²) in [7, 11) is 0. The molecule has 0 radical (unpaired) electrons. The van der Waals surface area contributed by atoms with Crippen molar-refractivity contribution in [2.45, 2.75) is 19.8 Å². The van der Waals surface area contributed by atoms with Crippen LogP contribution in [0.3, 0.4) is 0 Å². The lowest BCUT2D eigenvalue weighted by Gasteiger charge is -2.04. The molecule has 2 nitrogen and oxygen atoms in total. The summed E-state index contributed by atoms with van der Waals surface area (Å²) in [6.45, 7) is 2.68. The fourth-order valence-corrected chi connectivity index (χ4v) is 0.691. The SMILES string of the molecule is CC1=N/C=C\CCCO1. The standard InChI is InChI=1S/C7H11NO/c1-7-8-5-3-2-4-6-9-7/h3,5H,2,4,6H2,1H3/b5-3-,8-7?. The van der Waals surface area contributed by atoms with Crippen LogP contribution >= 0.6 is 0 Å². The van der Waals surface area contributed by atoms with E-state index in [4.69, 9.17) is 4.74 Å². The number of aliphatic imine (C=N–C) groups is 1. The van der Waals surface area contributed by atoms with E-state index >= 15 is 0 Å². The lowest BCUT2D eigenvalue weighted by atomic mass is 10.3. The van der Waals surface area contributed by atoms with Crippen LogP contribution in [0.25, 0.3) is 0 Å². The van der Waals surface area contributed by atoms with Crippen LogP contribution < -0.4 is 0 Å². The molecule has 1 aliphatic rings. The Balaban J connectivity index is 2.48. The highest BCUT2D eigenvalue weighted by molar-refractivity contribution is 5.73. The molecule has 1 aliphatic heterocycles. The van der Waals surface area contributed by atoms with Gasteiger partial charge >= 0.3 is 0 Å². The van der Waals surface area contributed by atoms with Crippen LogP contribution in [-0.4, -0.2) is 12.5 Å². The van der Waals surface area contributed by atoms with Crippen molar-refractivity contribution < 1.29 is 4.74 Å². The van der Waals surface area contributed by atoms with Gasteiger partial charge in [-0.25, -0.2) is 4.99 Å². The summed E-state index contributed by atoms with van der Waals surface area (Å²) in [4.78, 5) is 4.00. The van der Waals surface area contributed by atoms with Gasteiger partial charge in [-0.1, -0.05) is 6.08 Å². The minimum absolute atomic E-state index is 0.769. The molecule has 9 heavy (non-hydrogen) atoms. The van der Waals surface area contributed by atoms with Crippen LogP contribution in [0.1, 0.15) is 19.8 Å². The average Bonchev–Trinajstić information content (AvgIpc) is 1.79. The highest BCUT2D eigenvalue weighted by Crippen LogP contribution is 1.97. The Morgan fingerprint density at radius 1 is 1.67 bits per heavy atom. The molecule has 0 bridgehead atoms. The largest absolute Gasteiger partial charge is 0.481 e. The topological polar surface area (TPSA) is 21.6 Å².